The molecule has 1 aromatic carbocycles. The summed E-state index contributed by atoms with van der Waals surface area (Å²) in [6.45, 7) is 6.66. The molecule has 0 atom stereocenters. The lowest BCUT2D eigenvalue weighted by Crippen LogP contribution is -2.07. The topological polar surface area (TPSA) is 13.6 Å². The summed E-state index contributed by atoms with van der Waals surface area (Å²) in [5.74, 6) is -0.247. The Morgan fingerprint density at radius 3 is 2.53 bits per heavy atom. The lowest BCUT2D eigenvalue weighted by Gasteiger charge is -2.11. The van der Waals surface area contributed by atoms with Crippen molar-refractivity contribution in [3.63, 3.8) is 0 Å². The van der Waals surface area contributed by atoms with Crippen LogP contribution < -0.4 is 4.74 Å². The fourth-order valence-corrected chi connectivity index (χ4v) is 1.16. The molecule has 0 aliphatic carbocycles. The van der Waals surface area contributed by atoms with Crippen molar-refractivity contribution in [1.82, 2.24) is 0 Å². The third-order valence-corrected chi connectivity index (χ3v) is 1.83. The van der Waals surface area contributed by atoms with Gasteiger partial charge in [-0.25, -0.2) is 6.57 Å². The van der Waals surface area contributed by atoms with Crippen molar-refractivity contribution in [2.75, 3.05) is 7.11 Å². The van der Waals surface area contributed by atoms with Crippen LogP contribution >= 0.6 is 0 Å². The van der Waals surface area contributed by atoms with Crippen molar-refractivity contribution in [3.05, 3.63) is 40.7 Å². The molecule has 0 aliphatic rings. The molecular weight excluding hydrogens is 207 g/mol. The molecule has 0 amide bonds. The number of halogens is 3. The van der Waals surface area contributed by atoms with Crippen LogP contribution in [0.5, 0.6) is 5.75 Å². The first kappa shape index (κ1) is 11.4. The highest BCUT2D eigenvalue weighted by molar-refractivity contribution is 5.39. The average molecular weight is 215 g/mol. The predicted octanol–water partition coefficient (Wildman–Crippen LogP) is 3.13. The molecule has 0 radical (unpaired) electrons. The highest BCUT2D eigenvalue weighted by Crippen LogP contribution is 2.36. The summed E-state index contributed by atoms with van der Waals surface area (Å²) in [6, 6.07) is 3.45. The van der Waals surface area contributed by atoms with Gasteiger partial charge in [0.2, 0.25) is 6.54 Å². The summed E-state index contributed by atoms with van der Waals surface area (Å²) in [7, 11) is 1.17. The van der Waals surface area contributed by atoms with Gasteiger partial charge < -0.3 is 9.58 Å². The first-order chi connectivity index (χ1) is 6.99. The minimum absolute atomic E-state index is 0.0501. The molecular formula is C10H8F3NO. The van der Waals surface area contributed by atoms with Crippen LogP contribution in [0.25, 0.3) is 4.85 Å². The van der Waals surface area contributed by atoms with E-state index in [1.54, 1.807) is 0 Å². The van der Waals surface area contributed by atoms with Gasteiger partial charge in [-0.15, -0.1) is 0 Å². The standard InChI is InChI=1S/C10H8F3NO/c1-14-6-7-3-4-8(10(11,12)13)9(5-7)15-2/h3-5H,6H2,2H3. The molecule has 0 bridgehead atoms. The van der Waals surface area contributed by atoms with E-state index in [1.807, 2.05) is 0 Å². The number of benzene rings is 1. The molecule has 2 nitrogen and oxygen atoms in total. The number of nitrogens with zero attached hydrogens (tertiary/aromatic N) is 1. The zero-order chi connectivity index (χ0) is 11.5. The minimum atomic E-state index is -4.43. The Morgan fingerprint density at radius 1 is 1.40 bits per heavy atom. The third kappa shape index (κ3) is 2.62. The zero-order valence-corrected chi connectivity index (χ0v) is 7.93. The molecule has 1 rings (SSSR count). The molecule has 0 fully saturated rings. The first-order valence-corrected chi connectivity index (χ1v) is 4.06. The van der Waals surface area contributed by atoms with Crippen LogP contribution in [0.3, 0.4) is 0 Å². The Balaban J connectivity index is 3.16. The van der Waals surface area contributed by atoms with Crippen LogP contribution in [0.1, 0.15) is 11.1 Å². The summed E-state index contributed by atoms with van der Waals surface area (Å²) in [6.07, 6.45) is -4.43. The van der Waals surface area contributed by atoms with Crippen molar-refractivity contribution in [3.8, 4) is 5.75 Å². The van der Waals surface area contributed by atoms with Crippen molar-refractivity contribution in [2.24, 2.45) is 0 Å². The normalized spacial score (nSPS) is 10.9. The number of alkyl halides is 3. The number of methoxy groups -OCH3 is 1. The molecule has 5 heteroatoms. The van der Waals surface area contributed by atoms with Gasteiger partial charge in [0.05, 0.1) is 12.7 Å². The maximum absolute atomic E-state index is 12.4. The van der Waals surface area contributed by atoms with Gasteiger partial charge in [-0.1, -0.05) is 6.07 Å². The van der Waals surface area contributed by atoms with Gasteiger partial charge in [-0.3, -0.25) is 0 Å². The van der Waals surface area contributed by atoms with E-state index in [4.69, 9.17) is 6.57 Å². The number of hydrogen-bond acceptors (Lipinski definition) is 1. The van der Waals surface area contributed by atoms with E-state index in [1.165, 1.54) is 19.2 Å². The first-order valence-electron chi connectivity index (χ1n) is 4.06. The van der Waals surface area contributed by atoms with E-state index >= 15 is 0 Å². The second-order valence-electron chi connectivity index (χ2n) is 2.85. The SMILES string of the molecule is [C-]#[N+]Cc1ccc(C(F)(F)F)c(OC)c1. The van der Waals surface area contributed by atoms with Crippen molar-refractivity contribution < 1.29 is 17.9 Å². The Morgan fingerprint density at radius 2 is 2.07 bits per heavy atom. The van der Waals surface area contributed by atoms with Gasteiger partial charge in [-0.05, 0) is 12.1 Å². The van der Waals surface area contributed by atoms with E-state index in [0.717, 1.165) is 6.07 Å². The van der Waals surface area contributed by atoms with Gasteiger partial charge in [0, 0.05) is 5.56 Å². The molecule has 0 saturated carbocycles. The van der Waals surface area contributed by atoms with E-state index in [0.29, 0.717) is 5.56 Å². The largest absolute Gasteiger partial charge is 0.496 e. The number of rotatable bonds is 2. The van der Waals surface area contributed by atoms with Gasteiger partial charge in [0.15, 0.2) is 0 Å². The molecule has 80 valence electrons. The summed E-state index contributed by atoms with van der Waals surface area (Å²) in [4.78, 5) is 3.09. The molecule has 0 aliphatic heterocycles. The molecule has 0 heterocycles. The highest BCUT2D eigenvalue weighted by Gasteiger charge is 2.34. The third-order valence-electron chi connectivity index (χ3n) is 1.83. The zero-order valence-electron chi connectivity index (χ0n) is 7.93. The summed E-state index contributed by atoms with van der Waals surface area (Å²) in [5, 5.41) is 0. The van der Waals surface area contributed by atoms with Crippen molar-refractivity contribution in [2.45, 2.75) is 12.7 Å². The van der Waals surface area contributed by atoms with Crippen molar-refractivity contribution >= 4 is 0 Å². The minimum Gasteiger partial charge on any atom is -0.496 e. The monoisotopic (exact) mass is 215 g/mol. The van der Waals surface area contributed by atoms with Gasteiger partial charge in [0.1, 0.15) is 5.75 Å². The van der Waals surface area contributed by atoms with Gasteiger partial charge in [0.25, 0.3) is 0 Å². The lowest BCUT2D eigenvalue weighted by atomic mass is 10.1. The van der Waals surface area contributed by atoms with E-state index in [9.17, 15) is 13.2 Å². The van der Waals surface area contributed by atoms with Crippen LogP contribution in [0, 0.1) is 6.57 Å². The molecule has 0 aromatic heterocycles. The van der Waals surface area contributed by atoms with Crippen LogP contribution in [0.15, 0.2) is 18.2 Å². The second-order valence-corrected chi connectivity index (χ2v) is 2.85. The lowest BCUT2D eigenvalue weighted by molar-refractivity contribution is -0.138. The highest BCUT2D eigenvalue weighted by atomic mass is 19.4. The van der Waals surface area contributed by atoms with Gasteiger partial charge >= 0.3 is 6.18 Å². The van der Waals surface area contributed by atoms with Gasteiger partial charge in [-0.2, -0.15) is 13.2 Å². The Hall–Kier alpha value is -1.70. The Labute approximate surface area is 85.1 Å². The van der Waals surface area contributed by atoms with Crippen molar-refractivity contribution in [1.29, 1.82) is 0 Å². The molecule has 0 saturated heterocycles. The maximum atomic E-state index is 12.4. The molecule has 15 heavy (non-hydrogen) atoms. The van der Waals surface area contributed by atoms with Crippen LogP contribution in [0.4, 0.5) is 13.2 Å². The van der Waals surface area contributed by atoms with E-state index in [2.05, 4.69) is 9.58 Å². The van der Waals surface area contributed by atoms with E-state index in [-0.39, 0.29) is 12.3 Å². The predicted molar refractivity (Wildman–Crippen MR) is 48.3 cm³/mol. The van der Waals surface area contributed by atoms with E-state index < -0.39 is 11.7 Å². The molecule has 0 unspecified atom stereocenters. The molecule has 0 N–H and O–H groups in total. The Bertz CT molecular complexity index is 393. The van der Waals surface area contributed by atoms with Crippen LogP contribution in [0.2, 0.25) is 0 Å². The molecule has 0 spiro atoms. The van der Waals surface area contributed by atoms with Crippen LogP contribution in [-0.2, 0) is 12.7 Å². The number of ether oxygens (including phenoxy) is 1. The fraction of sp³-hybridized carbons (Fsp3) is 0.300. The average Bonchev–Trinajstić information content (AvgIpc) is 2.16. The fourth-order valence-electron chi connectivity index (χ4n) is 1.16. The second kappa shape index (κ2) is 4.22. The summed E-state index contributed by atoms with van der Waals surface area (Å²) < 4.78 is 41.9. The number of hydrogen-bond donors (Lipinski definition) is 0. The maximum Gasteiger partial charge on any atom is 0.419 e. The van der Waals surface area contributed by atoms with Crippen LogP contribution in [-0.4, -0.2) is 7.11 Å². The molecule has 1 aromatic rings. The Kier molecular flexibility index (Phi) is 3.20. The smallest absolute Gasteiger partial charge is 0.419 e. The quantitative estimate of drug-likeness (QED) is 0.691. The summed E-state index contributed by atoms with van der Waals surface area (Å²) in [5.41, 5.74) is -0.311. The summed E-state index contributed by atoms with van der Waals surface area (Å²) >= 11 is 0.